The Kier molecular flexibility index (Phi) is 4.12. The van der Waals surface area contributed by atoms with Crippen molar-refractivity contribution in [3.8, 4) is 0 Å². The molecule has 3 N–H and O–H groups in total. The van der Waals surface area contributed by atoms with E-state index < -0.39 is 5.91 Å². The molecule has 0 atom stereocenters. The van der Waals surface area contributed by atoms with Crippen molar-refractivity contribution >= 4 is 23.2 Å². The van der Waals surface area contributed by atoms with Crippen molar-refractivity contribution < 1.29 is 4.79 Å². The van der Waals surface area contributed by atoms with Crippen LogP contribution in [0.25, 0.3) is 0 Å². The third kappa shape index (κ3) is 3.09. The average Bonchev–Trinajstić information content (AvgIpc) is 2.84. The lowest BCUT2D eigenvalue weighted by atomic mass is 10.2. The standard InChI is InChI=1S/C14H16ClN3O/c1-2-18-7-3-4-11(18)9-17-10-5-6-13(15)12(8-10)14(16)19/h3-8,17H,2,9H2,1H3,(H2,16,19). The molecule has 100 valence electrons. The molecule has 0 unspecified atom stereocenters. The van der Waals surface area contributed by atoms with Crippen molar-refractivity contribution in [3.05, 3.63) is 52.8 Å². The van der Waals surface area contributed by atoms with Gasteiger partial charge < -0.3 is 15.6 Å². The van der Waals surface area contributed by atoms with Crippen LogP contribution in [0.1, 0.15) is 23.0 Å². The van der Waals surface area contributed by atoms with Crippen molar-refractivity contribution in [1.82, 2.24) is 4.57 Å². The van der Waals surface area contributed by atoms with Crippen LogP contribution in [-0.4, -0.2) is 10.5 Å². The molecule has 0 radical (unpaired) electrons. The Labute approximate surface area is 117 Å². The van der Waals surface area contributed by atoms with Gasteiger partial charge in [-0.2, -0.15) is 0 Å². The lowest BCUT2D eigenvalue weighted by Crippen LogP contribution is -2.12. The molecule has 0 saturated heterocycles. The minimum absolute atomic E-state index is 0.331. The molecule has 0 aliphatic carbocycles. The van der Waals surface area contributed by atoms with Crippen LogP contribution in [-0.2, 0) is 13.1 Å². The lowest BCUT2D eigenvalue weighted by Gasteiger charge is -2.10. The van der Waals surface area contributed by atoms with E-state index in [1.807, 2.05) is 18.3 Å². The summed E-state index contributed by atoms with van der Waals surface area (Å²) in [5, 5.41) is 3.63. The van der Waals surface area contributed by atoms with E-state index in [9.17, 15) is 4.79 Å². The second-order valence-corrected chi connectivity index (χ2v) is 4.61. The molecule has 1 aromatic carbocycles. The molecule has 0 bridgehead atoms. The highest BCUT2D eigenvalue weighted by Gasteiger charge is 2.07. The highest BCUT2D eigenvalue weighted by Crippen LogP contribution is 2.20. The number of hydrogen-bond donors (Lipinski definition) is 2. The second kappa shape index (κ2) is 5.80. The number of nitrogens with one attached hydrogen (secondary N) is 1. The first-order valence-corrected chi connectivity index (χ1v) is 6.47. The van der Waals surface area contributed by atoms with Crippen molar-refractivity contribution in [2.75, 3.05) is 5.32 Å². The Morgan fingerprint density at radius 3 is 2.89 bits per heavy atom. The van der Waals surface area contributed by atoms with E-state index in [1.54, 1.807) is 12.1 Å². The second-order valence-electron chi connectivity index (χ2n) is 4.20. The summed E-state index contributed by atoms with van der Waals surface area (Å²) in [5.41, 5.74) is 7.60. The van der Waals surface area contributed by atoms with Crippen molar-refractivity contribution in [2.24, 2.45) is 5.73 Å². The number of nitrogens with zero attached hydrogens (tertiary/aromatic N) is 1. The van der Waals surface area contributed by atoms with Gasteiger partial charge in [-0.25, -0.2) is 0 Å². The normalized spacial score (nSPS) is 10.4. The highest BCUT2D eigenvalue weighted by molar-refractivity contribution is 6.33. The minimum Gasteiger partial charge on any atom is -0.379 e. The summed E-state index contributed by atoms with van der Waals surface area (Å²) in [6, 6.07) is 9.24. The van der Waals surface area contributed by atoms with Crippen LogP contribution in [0.3, 0.4) is 0 Å². The van der Waals surface area contributed by atoms with E-state index in [1.165, 1.54) is 5.69 Å². The van der Waals surface area contributed by atoms with Gasteiger partial charge in [0, 0.05) is 24.1 Å². The molecule has 0 aliphatic rings. The van der Waals surface area contributed by atoms with Crippen LogP contribution in [0.2, 0.25) is 5.02 Å². The Hall–Kier alpha value is -1.94. The topological polar surface area (TPSA) is 60.1 Å². The Morgan fingerprint density at radius 2 is 2.21 bits per heavy atom. The van der Waals surface area contributed by atoms with Gasteiger partial charge in [0.25, 0.3) is 0 Å². The number of aromatic nitrogens is 1. The largest absolute Gasteiger partial charge is 0.379 e. The van der Waals surface area contributed by atoms with Crippen LogP contribution in [0.15, 0.2) is 36.5 Å². The smallest absolute Gasteiger partial charge is 0.250 e. The highest BCUT2D eigenvalue weighted by atomic mass is 35.5. The molecule has 2 aromatic rings. The van der Waals surface area contributed by atoms with Gasteiger partial charge in [-0.15, -0.1) is 0 Å². The quantitative estimate of drug-likeness (QED) is 0.883. The first-order valence-electron chi connectivity index (χ1n) is 6.09. The van der Waals surface area contributed by atoms with E-state index in [4.69, 9.17) is 17.3 Å². The van der Waals surface area contributed by atoms with Crippen LogP contribution >= 0.6 is 11.6 Å². The number of amides is 1. The number of hydrogen-bond acceptors (Lipinski definition) is 2. The number of halogens is 1. The molecule has 4 nitrogen and oxygen atoms in total. The molecule has 0 aliphatic heterocycles. The van der Waals surface area contributed by atoms with Crippen molar-refractivity contribution in [3.63, 3.8) is 0 Å². The number of carbonyl (C=O) groups excluding carboxylic acids is 1. The van der Waals surface area contributed by atoms with Crippen molar-refractivity contribution in [2.45, 2.75) is 20.0 Å². The number of aryl methyl sites for hydroxylation is 1. The SMILES string of the molecule is CCn1cccc1CNc1ccc(Cl)c(C(N)=O)c1. The maximum atomic E-state index is 11.2. The summed E-state index contributed by atoms with van der Waals surface area (Å²) in [7, 11) is 0. The van der Waals surface area contributed by atoms with Gasteiger partial charge in [0.2, 0.25) is 5.91 Å². The third-order valence-electron chi connectivity index (χ3n) is 2.97. The number of anilines is 1. The number of benzene rings is 1. The molecule has 2 rings (SSSR count). The number of rotatable bonds is 5. The zero-order valence-electron chi connectivity index (χ0n) is 10.7. The van der Waals surface area contributed by atoms with Gasteiger partial charge >= 0.3 is 0 Å². The van der Waals surface area contributed by atoms with E-state index in [-0.39, 0.29) is 0 Å². The molecular formula is C14H16ClN3O. The first kappa shape index (κ1) is 13.5. The van der Waals surface area contributed by atoms with Crippen LogP contribution in [0.4, 0.5) is 5.69 Å². The summed E-state index contributed by atoms with van der Waals surface area (Å²) in [4.78, 5) is 11.2. The maximum Gasteiger partial charge on any atom is 0.250 e. The third-order valence-corrected chi connectivity index (χ3v) is 3.30. The predicted molar refractivity (Wildman–Crippen MR) is 77.4 cm³/mol. The van der Waals surface area contributed by atoms with Gasteiger partial charge in [0.1, 0.15) is 0 Å². The minimum atomic E-state index is -0.523. The maximum absolute atomic E-state index is 11.2. The molecule has 5 heteroatoms. The fourth-order valence-electron chi connectivity index (χ4n) is 1.94. The molecule has 19 heavy (non-hydrogen) atoms. The van der Waals surface area contributed by atoms with Crippen LogP contribution < -0.4 is 11.1 Å². The number of nitrogens with two attached hydrogens (primary N) is 1. The number of primary amides is 1. The van der Waals surface area contributed by atoms with E-state index in [0.717, 1.165) is 12.2 Å². The first-order chi connectivity index (χ1) is 9.11. The predicted octanol–water partition coefficient (Wildman–Crippen LogP) is 2.87. The van der Waals surface area contributed by atoms with E-state index in [0.29, 0.717) is 17.1 Å². The van der Waals surface area contributed by atoms with E-state index in [2.05, 4.69) is 22.9 Å². The fraction of sp³-hybridized carbons (Fsp3) is 0.214. The van der Waals surface area contributed by atoms with Gasteiger partial charge in [-0.1, -0.05) is 11.6 Å². The molecule has 0 spiro atoms. The van der Waals surface area contributed by atoms with Crippen LogP contribution in [0, 0.1) is 0 Å². The van der Waals surface area contributed by atoms with Crippen LogP contribution in [0.5, 0.6) is 0 Å². The summed E-state index contributed by atoms with van der Waals surface area (Å²) >= 11 is 5.91. The van der Waals surface area contributed by atoms with Crippen molar-refractivity contribution in [1.29, 1.82) is 0 Å². The summed E-state index contributed by atoms with van der Waals surface area (Å²) in [6.07, 6.45) is 2.04. The van der Waals surface area contributed by atoms with Gasteiger partial charge in [-0.3, -0.25) is 4.79 Å². The molecule has 1 amide bonds. The average molecular weight is 278 g/mol. The van der Waals surface area contributed by atoms with Gasteiger partial charge in [-0.05, 0) is 37.3 Å². The zero-order chi connectivity index (χ0) is 13.8. The van der Waals surface area contributed by atoms with Gasteiger partial charge in [0.15, 0.2) is 0 Å². The monoisotopic (exact) mass is 277 g/mol. The molecule has 1 heterocycles. The van der Waals surface area contributed by atoms with E-state index >= 15 is 0 Å². The zero-order valence-corrected chi connectivity index (χ0v) is 11.4. The lowest BCUT2D eigenvalue weighted by molar-refractivity contribution is 0.100. The Morgan fingerprint density at radius 1 is 1.42 bits per heavy atom. The molecule has 1 aromatic heterocycles. The summed E-state index contributed by atoms with van der Waals surface area (Å²) < 4.78 is 2.15. The Bertz CT molecular complexity index is 592. The summed E-state index contributed by atoms with van der Waals surface area (Å²) in [6.45, 7) is 3.70. The summed E-state index contributed by atoms with van der Waals surface area (Å²) in [5.74, 6) is -0.523. The van der Waals surface area contributed by atoms with Gasteiger partial charge in [0.05, 0.1) is 17.1 Å². The number of carbonyl (C=O) groups is 1. The Balaban J connectivity index is 2.12. The fourth-order valence-corrected chi connectivity index (χ4v) is 2.15. The molecular weight excluding hydrogens is 262 g/mol. The molecule has 0 fully saturated rings. The molecule has 0 saturated carbocycles.